The molecule has 0 aliphatic heterocycles. The lowest BCUT2D eigenvalue weighted by Gasteiger charge is -2.18. The fourth-order valence-electron chi connectivity index (χ4n) is 3.23. The van der Waals surface area contributed by atoms with E-state index in [0.29, 0.717) is 17.3 Å². The van der Waals surface area contributed by atoms with Crippen LogP contribution in [0, 0.1) is 11.6 Å². The summed E-state index contributed by atoms with van der Waals surface area (Å²) in [5.41, 5.74) is 4.55. The quantitative estimate of drug-likeness (QED) is 0.385. The van der Waals surface area contributed by atoms with Crippen LogP contribution in [0.1, 0.15) is 48.2 Å². The van der Waals surface area contributed by atoms with Crippen LogP contribution in [0.3, 0.4) is 0 Å². The highest BCUT2D eigenvalue weighted by Gasteiger charge is 2.24. The summed E-state index contributed by atoms with van der Waals surface area (Å²) in [6, 6.07) is 6.78. The van der Waals surface area contributed by atoms with Crippen molar-refractivity contribution < 1.29 is 28.5 Å². The summed E-state index contributed by atoms with van der Waals surface area (Å²) in [7, 11) is 1.45. The van der Waals surface area contributed by atoms with E-state index in [4.69, 9.17) is 10.5 Å². The average molecular weight is 478 g/mol. The Labute approximate surface area is 193 Å². The van der Waals surface area contributed by atoms with Crippen molar-refractivity contribution in [2.24, 2.45) is 5.73 Å². The molecule has 0 spiro atoms. The van der Waals surface area contributed by atoms with Crippen LogP contribution >= 0.6 is 11.3 Å². The number of nitrogens with zero attached hydrogens (tertiary/aromatic N) is 1. The number of carbonyl (C=O) groups is 1. The first-order valence-electron chi connectivity index (χ1n) is 10.0. The van der Waals surface area contributed by atoms with E-state index < -0.39 is 23.1 Å². The Kier molecular flexibility index (Phi) is 7.01. The molecule has 10 heteroatoms. The molecule has 3 aromatic rings. The number of methoxy groups -OCH3 is 1. The van der Waals surface area contributed by atoms with Crippen molar-refractivity contribution in [3.63, 3.8) is 0 Å². The van der Waals surface area contributed by atoms with Gasteiger partial charge in [-0.25, -0.2) is 8.78 Å². The van der Waals surface area contributed by atoms with Crippen molar-refractivity contribution in [1.82, 2.24) is 4.98 Å². The van der Waals surface area contributed by atoms with E-state index in [9.17, 15) is 23.8 Å². The summed E-state index contributed by atoms with van der Waals surface area (Å²) < 4.78 is 34.9. The van der Waals surface area contributed by atoms with E-state index in [1.54, 1.807) is 12.1 Å². The Morgan fingerprint density at radius 3 is 2.42 bits per heavy atom. The first-order valence-corrected chi connectivity index (χ1v) is 10.9. The summed E-state index contributed by atoms with van der Waals surface area (Å²) in [5, 5.41) is 22.7. The van der Waals surface area contributed by atoms with Crippen LogP contribution in [-0.2, 0) is 5.60 Å². The Morgan fingerprint density at radius 2 is 1.91 bits per heavy atom. The number of pyridine rings is 1. The van der Waals surface area contributed by atoms with Crippen molar-refractivity contribution in [1.29, 1.82) is 0 Å². The number of nitrogens with one attached hydrogen (secondary N) is 1. The van der Waals surface area contributed by atoms with Gasteiger partial charge in [-0.15, -0.1) is 11.3 Å². The van der Waals surface area contributed by atoms with Crippen LogP contribution in [0.5, 0.6) is 5.88 Å². The molecule has 1 amide bonds. The Bertz CT molecular complexity index is 1170. The SMILES string of the molecule is COc1nc(Nc2sc(-c3c(F)cc(C(C)(C)O)cc3F)cc2C(N)=O)ccc1C(C)CO. The number of thiophene rings is 1. The number of anilines is 2. The van der Waals surface area contributed by atoms with Gasteiger partial charge in [0.25, 0.3) is 5.91 Å². The molecule has 0 aliphatic rings. The van der Waals surface area contributed by atoms with Crippen molar-refractivity contribution in [3.05, 3.63) is 58.7 Å². The predicted octanol–water partition coefficient (Wildman–Crippen LogP) is 4.26. The third kappa shape index (κ3) is 5.13. The van der Waals surface area contributed by atoms with Gasteiger partial charge in [0.05, 0.1) is 23.8 Å². The summed E-state index contributed by atoms with van der Waals surface area (Å²) in [5.74, 6) is -2.13. The van der Waals surface area contributed by atoms with Gasteiger partial charge in [0.1, 0.15) is 22.5 Å². The summed E-state index contributed by atoms with van der Waals surface area (Å²) in [6.45, 7) is 4.57. The summed E-state index contributed by atoms with van der Waals surface area (Å²) in [4.78, 5) is 16.5. The van der Waals surface area contributed by atoms with Gasteiger partial charge >= 0.3 is 0 Å². The first kappa shape index (κ1) is 24.6. The minimum Gasteiger partial charge on any atom is -0.481 e. The van der Waals surface area contributed by atoms with E-state index in [1.165, 1.54) is 27.0 Å². The number of aromatic nitrogens is 1. The minimum atomic E-state index is -1.43. The fourth-order valence-corrected chi connectivity index (χ4v) is 4.34. The molecule has 2 aromatic heterocycles. The molecule has 1 unspecified atom stereocenters. The van der Waals surface area contributed by atoms with Crippen molar-refractivity contribution in [2.75, 3.05) is 19.0 Å². The van der Waals surface area contributed by atoms with Crippen LogP contribution < -0.4 is 15.8 Å². The standard InChI is InChI=1S/C23H25F2N3O4S/c1-11(10-29)13-5-6-18(27-21(13)32-4)28-22-14(20(26)30)9-17(33-22)19-15(24)7-12(8-16(19)25)23(2,3)31/h5-9,11,29,31H,10H2,1-4H3,(H2,26,30)(H,27,28). The molecular formula is C23H25F2N3O4S. The molecular weight excluding hydrogens is 452 g/mol. The monoisotopic (exact) mass is 477 g/mol. The highest BCUT2D eigenvalue weighted by Crippen LogP contribution is 2.40. The zero-order chi connectivity index (χ0) is 24.5. The second-order valence-electron chi connectivity index (χ2n) is 8.10. The van der Waals surface area contributed by atoms with Gasteiger partial charge < -0.3 is 26.0 Å². The normalized spacial score (nSPS) is 12.5. The molecule has 0 saturated heterocycles. The van der Waals surface area contributed by atoms with Gasteiger partial charge in [0.2, 0.25) is 5.88 Å². The number of carbonyl (C=O) groups excluding carboxylic acids is 1. The molecule has 5 N–H and O–H groups in total. The molecule has 176 valence electrons. The first-order chi connectivity index (χ1) is 15.5. The highest BCUT2D eigenvalue weighted by molar-refractivity contribution is 7.20. The van der Waals surface area contributed by atoms with Gasteiger partial charge in [-0.2, -0.15) is 4.98 Å². The summed E-state index contributed by atoms with van der Waals surface area (Å²) in [6.07, 6.45) is 0. The highest BCUT2D eigenvalue weighted by atomic mass is 32.1. The lowest BCUT2D eigenvalue weighted by Crippen LogP contribution is -2.16. The van der Waals surface area contributed by atoms with Crippen LogP contribution in [0.2, 0.25) is 0 Å². The van der Waals surface area contributed by atoms with Gasteiger partial charge in [-0.05, 0) is 49.7 Å². The van der Waals surface area contributed by atoms with Gasteiger partial charge in [0.15, 0.2) is 0 Å². The number of halogens is 2. The van der Waals surface area contributed by atoms with E-state index >= 15 is 0 Å². The van der Waals surface area contributed by atoms with Gasteiger partial charge in [-0.1, -0.05) is 6.92 Å². The third-order valence-electron chi connectivity index (χ3n) is 5.12. The van der Waals surface area contributed by atoms with E-state index in [-0.39, 0.29) is 39.1 Å². The molecule has 0 bridgehead atoms. The average Bonchev–Trinajstić information content (AvgIpc) is 3.15. The van der Waals surface area contributed by atoms with Gasteiger partial charge in [-0.3, -0.25) is 4.79 Å². The molecule has 0 radical (unpaired) electrons. The molecule has 33 heavy (non-hydrogen) atoms. The van der Waals surface area contributed by atoms with Crippen molar-refractivity contribution in [3.8, 4) is 16.3 Å². The van der Waals surface area contributed by atoms with E-state index in [0.717, 1.165) is 23.5 Å². The number of amides is 1. The van der Waals surface area contributed by atoms with E-state index in [1.807, 2.05) is 6.92 Å². The Hall–Kier alpha value is -3.08. The fraction of sp³-hybridized carbons (Fsp3) is 0.304. The molecule has 0 aliphatic carbocycles. The number of hydrogen-bond acceptors (Lipinski definition) is 7. The maximum Gasteiger partial charge on any atom is 0.251 e. The second kappa shape index (κ2) is 9.42. The zero-order valence-corrected chi connectivity index (χ0v) is 19.4. The maximum absolute atomic E-state index is 14.8. The zero-order valence-electron chi connectivity index (χ0n) is 18.6. The van der Waals surface area contributed by atoms with Crippen LogP contribution in [0.4, 0.5) is 19.6 Å². The molecule has 0 saturated carbocycles. The number of nitrogens with two attached hydrogens (primary N) is 1. The lowest BCUT2D eigenvalue weighted by atomic mass is 9.96. The number of rotatable bonds is 8. The summed E-state index contributed by atoms with van der Waals surface area (Å²) >= 11 is 0.931. The number of aliphatic hydroxyl groups is 2. The van der Waals surface area contributed by atoms with Gasteiger partial charge in [0, 0.05) is 23.0 Å². The Balaban J connectivity index is 2.04. The van der Waals surface area contributed by atoms with E-state index in [2.05, 4.69) is 10.3 Å². The topological polar surface area (TPSA) is 118 Å². The molecule has 2 heterocycles. The number of hydrogen-bond donors (Lipinski definition) is 4. The number of aliphatic hydroxyl groups excluding tert-OH is 1. The second-order valence-corrected chi connectivity index (χ2v) is 9.15. The molecule has 1 aromatic carbocycles. The largest absolute Gasteiger partial charge is 0.481 e. The van der Waals surface area contributed by atoms with Crippen LogP contribution in [0.15, 0.2) is 30.3 Å². The predicted molar refractivity (Wildman–Crippen MR) is 123 cm³/mol. The molecule has 1 atom stereocenters. The van der Waals surface area contributed by atoms with Crippen molar-refractivity contribution >= 4 is 28.1 Å². The Morgan fingerprint density at radius 1 is 1.27 bits per heavy atom. The number of primary amides is 1. The van der Waals surface area contributed by atoms with Crippen LogP contribution in [-0.4, -0.2) is 34.8 Å². The lowest BCUT2D eigenvalue weighted by molar-refractivity contribution is 0.0778. The smallest absolute Gasteiger partial charge is 0.251 e. The minimum absolute atomic E-state index is 0.0361. The maximum atomic E-state index is 14.8. The number of ether oxygens (including phenoxy) is 1. The van der Waals surface area contributed by atoms with Crippen LogP contribution in [0.25, 0.3) is 10.4 Å². The molecule has 0 fully saturated rings. The molecule has 3 rings (SSSR count). The molecule has 7 nitrogen and oxygen atoms in total. The van der Waals surface area contributed by atoms with Crippen molar-refractivity contribution in [2.45, 2.75) is 32.3 Å². The number of benzene rings is 1. The third-order valence-corrected chi connectivity index (χ3v) is 6.19.